The highest BCUT2D eigenvalue weighted by atomic mass is 16.2. The predicted octanol–water partition coefficient (Wildman–Crippen LogP) is 3.40. The van der Waals surface area contributed by atoms with Crippen molar-refractivity contribution >= 4 is 12.0 Å². The first-order chi connectivity index (χ1) is 13.1. The number of hydrogen-bond acceptors (Lipinski definition) is 3. The van der Waals surface area contributed by atoms with Crippen molar-refractivity contribution < 1.29 is 4.79 Å². The summed E-state index contributed by atoms with van der Waals surface area (Å²) in [6, 6.07) is 10.8. The van der Waals surface area contributed by atoms with Gasteiger partial charge < -0.3 is 5.32 Å². The molecule has 2 fully saturated rings. The Bertz CT molecular complexity index is 607. The number of hydrogen-bond donors (Lipinski definition) is 1. The van der Waals surface area contributed by atoms with Gasteiger partial charge >= 0.3 is 0 Å². The molecule has 2 aliphatic rings. The molecule has 1 heterocycles. The number of rotatable bonds is 6. The molecule has 0 aromatic heterocycles. The Morgan fingerprint density at radius 2 is 1.85 bits per heavy atom. The van der Waals surface area contributed by atoms with Crippen molar-refractivity contribution in [2.45, 2.75) is 51.6 Å². The predicted molar refractivity (Wildman–Crippen MR) is 113 cm³/mol. The van der Waals surface area contributed by atoms with Crippen LogP contribution in [0.15, 0.2) is 36.4 Å². The minimum Gasteiger partial charge on any atom is -0.352 e. The highest BCUT2D eigenvalue weighted by Crippen LogP contribution is 2.24. The largest absolute Gasteiger partial charge is 0.352 e. The van der Waals surface area contributed by atoms with Crippen LogP contribution in [0.1, 0.15) is 45.1 Å². The Hall–Kier alpha value is -1.65. The van der Waals surface area contributed by atoms with Crippen LogP contribution in [0.25, 0.3) is 6.08 Å². The van der Waals surface area contributed by atoms with Crippen LogP contribution in [0.3, 0.4) is 0 Å². The molecule has 0 bridgehead atoms. The SMILES string of the molecule is C[C@H](C(=O)N[C@H]1CCCC[C@@H]1C)N1CCN(C/C=C/c2ccccc2)CC1. The fourth-order valence-electron chi connectivity index (χ4n) is 4.24. The molecule has 0 radical (unpaired) electrons. The molecule has 4 heteroatoms. The van der Waals surface area contributed by atoms with Gasteiger partial charge in [-0.1, -0.05) is 62.2 Å². The minimum absolute atomic E-state index is 0.0267. The summed E-state index contributed by atoms with van der Waals surface area (Å²) in [5, 5.41) is 3.32. The molecule has 3 rings (SSSR count). The Kier molecular flexibility index (Phi) is 7.48. The molecule has 0 unspecified atom stereocenters. The van der Waals surface area contributed by atoms with Crippen LogP contribution >= 0.6 is 0 Å². The molecule has 1 saturated heterocycles. The lowest BCUT2D eigenvalue weighted by Gasteiger charge is -2.38. The fourth-order valence-corrected chi connectivity index (χ4v) is 4.24. The molecule has 3 atom stereocenters. The Morgan fingerprint density at radius 1 is 1.15 bits per heavy atom. The number of carbonyl (C=O) groups excluding carboxylic acids is 1. The van der Waals surface area contributed by atoms with E-state index < -0.39 is 0 Å². The maximum Gasteiger partial charge on any atom is 0.237 e. The molecular formula is C23H35N3O. The molecule has 1 aromatic carbocycles. The van der Waals surface area contributed by atoms with Crippen LogP contribution in [0.2, 0.25) is 0 Å². The highest BCUT2D eigenvalue weighted by Gasteiger charge is 2.29. The summed E-state index contributed by atoms with van der Waals surface area (Å²) in [6.45, 7) is 9.29. The average molecular weight is 370 g/mol. The summed E-state index contributed by atoms with van der Waals surface area (Å²) in [5.41, 5.74) is 1.25. The van der Waals surface area contributed by atoms with E-state index in [1.165, 1.54) is 24.8 Å². The number of piperazine rings is 1. The molecule has 4 nitrogen and oxygen atoms in total. The summed E-state index contributed by atoms with van der Waals surface area (Å²) in [7, 11) is 0. The lowest BCUT2D eigenvalue weighted by atomic mass is 9.86. The van der Waals surface area contributed by atoms with E-state index in [4.69, 9.17) is 0 Å². The van der Waals surface area contributed by atoms with E-state index in [9.17, 15) is 4.79 Å². The fraction of sp³-hybridized carbons (Fsp3) is 0.609. The summed E-state index contributed by atoms with van der Waals surface area (Å²) in [6.07, 6.45) is 9.37. The van der Waals surface area contributed by atoms with E-state index >= 15 is 0 Å². The van der Waals surface area contributed by atoms with Gasteiger partial charge in [0.2, 0.25) is 5.91 Å². The van der Waals surface area contributed by atoms with E-state index in [1.807, 2.05) is 6.07 Å². The van der Waals surface area contributed by atoms with Gasteiger partial charge in [0.05, 0.1) is 6.04 Å². The first-order valence-corrected chi connectivity index (χ1v) is 10.6. The van der Waals surface area contributed by atoms with Crippen LogP contribution in [-0.4, -0.2) is 60.5 Å². The second-order valence-corrected chi connectivity index (χ2v) is 8.20. The second kappa shape index (κ2) is 10.0. The number of nitrogens with one attached hydrogen (secondary N) is 1. The van der Waals surface area contributed by atoms with Gasteiger partial charge in [0.25, 0.3) is 0 Å². The van der Waals surface area contributed by atoms with Gasteiger partial charge in [-0.15, -0.1) is 0 Å². The maximum absolute atomic E-state index is 12.7. The smallest absolute Gasteiger partial charge is 0.237 e. The van der Waals surface area contributed by atoms with Gasteiger partial charge in [-0.3, -0.25) is 14.6 Å². The van der Waals surface area contributed by atoms with E-state index in [0.29, 0.717) is 12.0 Å². The van der Waals surface area contributed by atoms with Crippen molar-refractivity contribution in [2.75, 3.05) is 32.7 Å². The van der Waals surface area contributed by atoms with Gasteiger partial charge in [0.15, 0.2) is 0 Å². The molecule has 27 heavy (non-hydrogen) atoms. The standard InChI is InChI=1S/C23H35N3O/c1-19-9-6-7-13-22(19)24-23(27)20(2)26-17-15-25(16-18-26)14-8-12-21-10-4-3-5-11-21/h3-5,8,10-12,19-20,22H,6-7,9,13-18H2,1-2H3,(H,24,27)/b12-8+/t19-,20+,22-/m0/s1. The Morgan fingerprint density at radius 3 is 2.56 bits per heavy atom. The van der Waals surface area contributed by atoms with E-state index in [0.717, 1.165) is 39.1 Å². The quantitative estimate of drug-likeness (QED) is 0.835. The third-order valence-electron chi connectivity index (χ3n) is 6.25. The van der Waals surface area contributed by atoms with Crippen LogP contribution in [0.5, 0.6) is 0 Å². The van der Waals surface area contributed by atoms with Crippen molar-refractivity contribution in [3.8, 4) is 0 Å². The number of amides is 1. The summed E-state index contributed by atoms with van der Waals surface area (Å²) in [4.78, 5) is 17.5. The van der Waals surface area contributed by atoms with Gasteiger partial charge in [0, 0.05) is 38.8 Å². The maximum atomic E-state index is 12.7. The highest BCUT2D eigenvalue weighted by molar-refractivity contribution is 5.81. The second-order valence-electron chi connectivity index (χ2n) is 8.20. The summed E-state index contributed by atoms with van der Waals surface area (Å²) < 4.78 is 0. The molecule has 1 N–H and O–H groups in total. The first kappa shape index (κ1) is 20.1. The van der Waals surface area contributed by atoms with E-state index in [-0.39, 0.29) is 11.9 Å². The van der Waals surface area contributed by atoms with Crippen LogP contribution in [-0.2, 0) is 4.79 Å². The third-order valence-corrected chi connectivity index (χ3v) is 6.25. The van der Waals surface area contributed by atoms with E-state index in [2.05, 4.69) is 65.4 Å². The van der Waals surface area contributed by atoms with Gasteiger partial charge in [0.1, 0.15) is 0 Å². The zero-order chi connectivity index (χ0) is 19.1. The van der Waals surface area contributed by atoms with Crippen molar-refractivity contribution in [1.82, 2.24) is 15.1 Å². The Balaban J connectivity index is 1.40. The lowest BCUT2D eigenvalue weighted by Crippen LogP contribution is -2.55. The number of nitrogens with zero attached hydrogens (tertiary/aromatic N) is 2. The van der Waals surface area contributed by atoms with Crippen LogP contribution in [0.4, 0.5) is 0 Å². The molecule has 1 aromatic rings. The average Bonchev–Trinajstić information content (AvgIpc) is 2.70. The van der Waals surface area contributed by atoms with Gasteiger partial charge in [-0.2, -0.15) is 0 Å². The zero-order valence-electron chi connectivity index (χ0n) is 16.9. The lowest BCUT2D eigenvalue weighted by molar-refractivity contribution is -0.127. The Labute approximate surface area is 164 Å². The molecule has 1 aliphatic carbocycles. The zero-order valence-corrected chi connectivity index (χ0v) is 16.9. The van der Waals surface area contributed by atoms with Crippen LogP contribution < -0.4 is 5.32 Å². The van der Waals surface area contributed by atoms with Gasteiger partial charge in [-0.25, -0.2) is 0 Å². The summed E-state index contributed by atoms with van der Waals surface area (Å²) >= 11 is 0. The molecule has 148 valence electrons. The van der Waals surface area contributed by atoms with E-state index in [1.54, 1.807) is 0 Å². The molecular weight excluding hydrogens is 334 g/mol. The minimum atomic E-state index is -0.0267. The molecule has 1 amide bonds. The third kappa shape index (κ3) is 5.91. The monoisotopic (exact) mass is 369 g/mol. The van der Waals surface area contributed by atoms with Crippen molar-refractivity contribution in [3.05, 3.63) is 42.0 Å². The molecule has 1 saturated carbocycles. The normalized spacial score (nSPS) is 26.1. The van der Waals surface area contributed by atoms with Crippen molar-refractivity contribution in [1.29, 1.82) is 0 Å². The summed E-state index contributed by atoms with van der Waals surface area (Å²) in [5.74, 6) is 0.828. The molecule has 1 aliphatic heterocycles. The molecule has 0 spiro atoms. The van der Waals surface area contributed by atoms with Crippen LogP contribution in [0, 0.1) is 5.92 Å². The van der Waals surface area contributed by atoms with Crippen molar-refractivity contribution in [3.63, 3.8) is 0 Å². The first-order valence-electron chi connectivity index (χ1n) is 10.6. The number of benzene rings is 1. The topological polar surface area (TPSA) is 35.6 Å². The van der Waals surface area contributed by atoms with Gasteiger partial charge in [-0.05, 0) is 31.2 Å². The number of carbonyl (C=O) groups is 1. The van der Waals surface area contributed by atoms with Crippen molar-refractivity contribution in [2.24, 2.45) is 5.92 Å².